The first-order chi connectivity index (χ1) is 9.10. The van der Waals surface area contributed by atoms with E-state index in [-0.39, 0.29) is 12.0 Å². The lowest BCUT2D eigenvalue weighted by atomic mass is 10.0. The summed E-state index contributed by atoms with van der Waals surface area (Å²) in [6, 6.07) is 5.60. The van der Waals surface area contributed by atoms with Crippen LogP contribution in [-0.4, -0.2) is 43.2 Å². The fraction of sp³-hybridized carbons (Fsp3) is 0.500. The molecule has 2 rings (SSSR count). The lowest BCUT2D eigenvalue weighted by molar-refractivity contribution is -0.0261. The molecule has 0 spiro atoms. The van der Waals surface area contributed by atoms with Crippen LogP contribution in [0, 0.1) is 6.92 Å². The molecule has 0 aromatic heterocycles. The number of rotatable bonds is 4. The average Bonchev–Trinajstić information content (AvgIpc) is 2.41. The van der Waals surface area contributed by atoms with Gasteiger partial charge in [0, 0.05) is 31.7 Å². The predicted molar refractivity (Wildman–Crippen MR) is 73.8 cm³/mol. The van der Waals surface area contributed by atoms with Crippen LogP contribution in [0.1, 0.15) is 21.5 Å². The molecule has 1 atom stereocenters. The number of hydrogen-bond acceptors (Lipinski definition) is 4. The second-order valence-electron chi connectivity index (χ2n) is 4.97. The maximum absolute atomic E-state index is 11.1. The van der Waals surface area contributed by atoms with Gasteiger partial charge in [0.2, 0.25) is 5.91 Å². The minimum absolute atomic E-state index is 0.124. The Bertz CT molecular complexity index is 462. The number of hydrogen-bond donors (Lipinski definition) is 2. The van der Waals surface area contributed by atoms with E-state index in [9.17, 15) is 4.79 Å². The van der Waals surface area contributed by atoms with E-state index in [2.05, 4.69) is 4.90 Å². The summed E-state index contributed by atoms with van der Waals surface area (Å²) in [5.74, 6) is -0.385. The topological polar surface area (TPSA) is 81.6 Å². The molecule has 1 aromatic carbocycles. The molecule has 4 N–H and O–H groups in total. The summed E-state index contributed by atoms with van der Waals surface area (Å²) in [6.07, 6.45) is 0.124. The molecular formula is C14H21N3O2. The van der Waals surface area contributed by atoms with Crippen molar-refractivity contribution < 1.29 is 9.53 Å². The smallest absolute Gasteiger partial charge is 0.248 e. The largest absolute Gasteiger partial charge is 0.374 e. The third-order valence-corrected chi connectivity index (χ3v) is 3.51. The average molecular weight is 263 g/mol. The molecule has 5 heteroatoms. The van der Waals surface area contributed by atoms with Crippen LogP contribution in [0.5, 0.6) is 0 Å². The van der Waals surface area contributed by atoms with Gasteiger partial charge >= 0.3 is 0 Å². The number of aryl methyl sites for hydroxylation is 1. The van der Waals surface area contributed by atoms with Gasteiger partial charge < -0.3 is 16.2 Å². The summed E-state index contributed by atoms with van der Waals surface area (Å²) >= 11 is 0. The summed E-state index contributed by atoms with van der Waals surface area (Å²) in [6.45, 7) is 5.89. The molecule has 1 saturated heterocycles. The maximum Gasteiger partial charge on any atom is 0.248 e. The number of morpholine rings is 1. The Morgan fingerprint density at radius 3 is 2.95 bits per heavy atom. The highest BCUT2D eigenvalue weighted by atomic mass is 16.5. The van der Waals surface area contributed by atoms with E-state index in [4.69, 9.17) is 16.2 Å². The summed E-state index contributed by atoms with van der Waals surface area (Å²) in [5.41, 5.74) is 13.8. The summed E-state index contributed by atoms with van der Waals surface area (Å²) < 4.78 is 5.55. The summed E-state index contributed by atoms with van der Waals surface area (Å²) in [7, 11) is 0. The SMILES string of the molecule is Cc1cc(C(N)=O)ccc1CN1CCOC(CN)C1. The van der Waals surface area contributed by atoms with Gasteiger partial charge in [0.25, 0.3) is 0 Å². The second kappa shape index (κ2) is 6.14. The maximum atomic E-state index is 11.1. The van der Waals surface area contributed by atoms with Crippen molar-refractivity contribution in [2.45, 2.75) is 19.6 Å². The van der Waals surface area contributed by atoms with Gasteiger partial charge in [0.15, 0.2) is 0 Å². The monoisotopic (exact) mass is 263 g/mol. The van der Waals surface area contributed by atoms with E-state index in [0.29, 0.717) is 12.1 Å². The molecule has 1 fully saturated rings. The molecule has 0 saturated carbocycles. The van der Waals surface area contributed by atoms with Crippen molar-refractivity contribution in [3.63, 3.8) is 0 Å². The van der Waals surface area contributed by atoms with Gasteiger partial charge in [-0.25, -0.2) is 0 Å². The Hall–Kier alpha value is -1.43. The molecule has 1 heterocycles. The number of benzene rings is 1. The van der Waals surface area contributed by atoms with Crippen molar-refractivity contribution in [1.82, 2.24) is 4.90 Å². The van der Waals surface area contributed by atoms with Crippen LogP contribution in [0.15, 0.2) is 18.2 Å². The van der Waals surface area contributed by atoms with Crippen molar-refractivity contribution in [2.75, 3.05) is 26.2 Å². The van der Waals surface area contributed by atoms with Gasteiger partial charge in [-0.15, -0.1) is 0 Å². The lowest BCUT2D eigenvalue weighted by Gasteiger charge is -2.32. The molecule has 19 heavy (non-hydrogen) atoms. The highest BCUT2D eigenvalue weighted by Crippen LogP contribution is 2.15. The molecule has 0 bridgehead atoms. The lowest BCUT2D eigenvalue weighted by Crippen LogP contribution is -2.45. The van der Waals surface area contributed by atoms with Gasteiger partial charge in [-0.1, -0.05) is 6.07 Å². The number of carbonyl (C=O) groups excluding carboxylic acids is 1. The van der Waals surface area contributed by atoms with Crippen molar-refractivity contribution in [2.24, 2.45) is 11.5 Å². The van der Waals surface area contributed by atoms with Crippen molar-refractivity contribution in [3.05, 3.63) is 34.9 Å². The normalized spacial score (nSPS) is 20.4. The molecule has 5 nitrogen and oxygen atoms in total. The Morgan fingerprint density at radius 1 is 1.53 bits per heavy atom. The van der Waals surface area contributed by atoms with Crippen LogP contribution >= 0.6 is 0 Å². The zero-order valence-corrected chi connectivity index (χ0v) is 11.3. The first-order valence-corrected chi connectivity index (χ1v) is 6.53. The zero-order chi connectivity index (χ0) is 13.8. The number of primary amides is 1. The van der Waals surface area contributed by atoms with Gasteiger partial charge in [0.05, 0.1) is 12.7 Å². The molecule has 1 unspecified atom stereocenters. The summed E-state index contributed by atoms with van der Waals surface area (Å²) in [4.78, 5) is 13.4. The van der Waals surface area contributed by atoms with E-state index in [1.807, 2.05) is 19.1 Å². The van der Waals surface area contributed by atoms with Crippen molar-refractivity contribution in [3.8, 4) is 0 Å². The van der Waals surface area contributed by atoms with E-state index in [1.165, 1.54) is 5.56 Å². The number of nitrogens with zero attached hydrogens (tertiary/aromatic N) is 1. The molecule has 0 aliphatic carbocycles. The zero-order valence-electron chi connectivity index (χ0n) is 11.3. The van der Waals surface area contributed by atoms with Crippen LogP contribution in [0.3, 0.4) is 0 Å². The summed E-state index contributed by atoms with van der Waals surface area (Å²) in [5, 5.41) is 0. The van der Waals surface area contributed by atoms with Gasteiger partial charge in [-0.3, -0.25) is 9.69 Å². The number of nitrogens with two attached hydrogens (primary N) is 2. The number of ether oxygens (including phenoxy) is 1. The molecule has 1 aliphatic rings. The fourth-order valence-corrected chi connectivity index (χ4v) is 2.33. The standard InChI is InChI=1S/C14H21N3O2/c1-10-6-11(14(16)18)2-3-12(10)8-17-4-5-19-13(7-15)9-17/h2-3,6,13H,4-5,7-9,15H2,1H3,(H2,16,18). The van der Waals surface area contributed by atoms with Gasteiger partial charge in [-0.05, 0) is 30.2 Å². The van der Waals surface area contributed by atoms with Crippen LogP contribution in [0.4, 0.5) is 0 Å². The van der Waals surface area contributed by atoms with Crippen LogP contribution < -0.4 is 11.5 Å². The van der Waals surface area contributed by atoms with Gasteiger partial charge in [0.1, 0.15) is 0 Å². The molecular weight excluding hydrogens is 242 g/mol. The number of amides is 1. The Labute approximate surface area is 113 Å². The van der Waals surface area contributed by atoms with Crippen LogP contribution in [-0.2, 0) is 11.3 Å². The number of carbonyl (C=O) groups is 1. The first kappa shape index (κ1) is 14.0. The highest BCUT2D eigenvalue weighted by Gasteiger charge is 2.19. The Morgan fingerprint density at radius 2 is 2.32 bits per heavy atom. The van der Waals surface area contributed by atoms with E-state index >= 15 is 0 Å². The van der Waals surface area contributed by atoms with Gasteiger partial charge in [-0.2, -0.15) is 0 Å². The first-order valence-electron chi connectivity index (χ1n) is 6.53. The minimum Gasteiger partial charge on any atom is -0.374 e. The van der Waals surface area contributed by atoms with E-state index < -0.39 is 0 Å². The second-order valence-corrected chi connectivity index (χ2v) is 4.97. The predicted octanol–water partition coefficient (Wildman–Crippen LogP) is 0.253. The Kier molecular flexibility index (Phi) is 4.52. The highest BCUT2D eigenvalue weighted by molar-refractivity contribution is 5.93. The molecule has 104 valence electrons. The van der Waals surface area contributed by atoms with Crippen molar-refractivity contribution >= 4 is 5.91 Å². The minimum atomic E-state index is -0.385. The third-order valence-electron chi connectivity index (χ3n) is 3.51. The van der Waals surface area contributed by atoms with E-state index in [0.717, 1.165) is 31.8 Å². The Balaban J connectivity index is 2.04. The van der Waals surface area contributed by atoms with Crippen molar-refractivity contribution in [1.29, 1.82) is 0 Å². The molecule has 1 amide bonds. The van der Waals surface area contributed by atoms with E-state index in [1.54, 1.807) is 6.07 Å². The van der Waals surface area contributed by atoms with Crippen LogP contribution in [0.25, 0.3) is 0 Å². The van der Waals surface area contributed by atoms with Crippen LogP contribution in [0.2, 0.25) is 0 Å². The fourth-order valence-electron chi connectivity index (χ4n) is 2.33. The third kappa shape index (κ3) is 3.53. The molecule has 0 radical (unpaired) electrons. The molecule has 1 aliphatic heterocycles. The molecule has 1 aromatic rings. The quantitative estimate of drug-likeness (QED) is 0.816.